The fourth-order valence-corrected chi connectivity index (χ4v) is 4.65. The largest absolute Gasteiger partial charge is 0.367 e. The Morgan fingerprint density at radius 3 is 2.63 bits per heavy atom. The first kappa shape index (κ1) is 24.0. The molecule has 3 aromatic heterocycles. The standard InChI is InChI=1S/C26H25F2N7O3/c1-14-19(27)9-16(24-31-26(38-32-24)18-11-20(18)28)10-21(14)30-25(37)22-12-29-23-4-3-17(13-35(22)23)34-7-5-33(6-8-34)15(2)36/h3-4,9-10,12-13,18,20H,5-8,11H2,1-2H3,(H,30,37)/t18-,20-/m0/s1. The van der Waals surface area contributed by atoms with E-state index in [-0.39, 0.29) is 34.6 Å². The lowest BCUT2D eigenvalue weighted by atomic mass is 10.1. The van der Waals surface area contributed by atoms with E-state index in [1.54, 1.807) is 29.2 Å². The summed E-state index contributed by atoms with van der Waals surface area (Å²) in [6.07, 6.45) is 2.64. The van der Waals surface area contributed by atoms with E-state index in [1.807, 2.05) is 18.3 Å². The molecule has 196 valence electrons. The number of hydrogen-bond donors (Lipinski definition) is 1. The summed E-state index contributed by atoms with van der Waals surface area (Å²) in [7, 11) is 0. The maximum Gasteiger partial charge on any atom is 0.274 e. The summed E-state index contributed by atoms with van der Waals surface area (Å²) in [6, 6.07) is 6.58. The fraction of sp³-hybridized carbons (Fsp3) is 0.346. The van der Waals surface area contributed by atoms with E-state index in [0.29, 0.717) is 43.8 Å². The van der Waals surface area contributed by atoms with Crippen LogP contribution in [0.3, 0.4) is 0 Å². The highest BCUT2D eigenvalue weighted by Gasteiger charge is 2.43. The zero-order chi connectivity index (χ0) is 26.6. The van der Waals surface area contributed by atoms with Crippen molar-refractivity contribution in [1.29, 1.82) is 0 Å². The van der Waals surface area contributed by atoms with Crippen LogP contribution in [0.4, 0.5) is 20.2 Å². The highest BCUT2D eigenvalue weighted by Crippen LogP contribution is 2.43. The number of aromatic nitrogens is 4. The zero-order valence-electron chi connectivity index (χ0n) is 20.8. The van der Waals surface area contributed by atoms with Gasteiger partial charge in [-0.2, -0.15) is 4.98 Å². The summed E-state index contributed by atoms with van der Waals surface area (Å²) in [6.45, 7) is 5.73. The molecular weight excluding hydrogens is 496 g/mol. The molecule has 1 aliphatic carbocycles. The molecule has 2 amide bonds. The van der Waals surface area contributed by atoms with Gasteiger partial charge >= 0.3 is 0 Å². The van der Waals surface area contributed by atoms with Gasteiger partial charge in [0, 0.05) is 56.1 Å². The van der Waals surface area contributed by atoms with Gasteiger partial charge in [0.1, 0.15) is 23.3 Å². The predicted molar refractivity (Wildman–Crippen MR) is 134 cm³/mol. The Bertz CT molecular complexity index is 1560. The molecule has 6 rings (SSSR count). The minimum absolute atomic E-state index is 0.0561. The Morgan fingerprint density at radius 1 is 1.16 bits per heavy atom. The first-order valence-electron chi connectivity index (χ1n) is 12.4. The number of benzene rings is 1. The Hall–Kier alpha value is -4.35. The predicted octanol–water partition coefficient (Wildman–Crippen LogP) is 3.58. The van der Waals surface area contributed by atoms with Gasteiger partial charge in [-0.25, -0.2) is 13.8 Å². The van der Waals surface area contributed by atoms with Crippen molar-refractivity contribution < 1.29 is 22.9 Å². The number of anilines is 2. The molecule has 1 aromatic carbocycles. The van der Waals surface area contributed by atoms with Crippen LogP contribution in [0.1, 0.15) is 41.2 Å². The van der Waals surface area contributed by atoms with E-state index in [4.69, 9.17) is 4.52 Å². The number of carbonyl (C=O) groups is 2. The number of hydrogen-bond acceptors (Lipinski definition) is 7. The second kappa shape index (κ2) is 9.19. The van der Waals surface area contributed by atoms with Gasteiger partial charge in [-0.1, -0.05) is 5.16 Å². The quantitative estimate of drug-likeness (QED) is 0.428. The number of piperazine rings is 1. The van der Waals surface area contributed by atoms with Crippen LogP contribution in [0, 0.1) is 12.7 Å². The molecule has 1 aliphatic heterocycles. The number of halogens is 2. The SMILES string of the molecule is CC(=O)N1CCN(c2ccc3ncc(C(=O)Nc4cc(-c5noc([C@H]6C[C@@H]6F)n5)cc(F)c4C)n3c2)CC1. The van der Waals surface area contributed by atoms with E-state index in [0.717, 1.165) is 5.69 Å². The molecule has 12 heteroatoms. The van der Waals surface area contributed by atoms with Gasteiger partial charge in [0.15, 0.2) is 0 Å². The third-order valence-electron chi connectivity index (χ3n) is 7.14. The van der Waals surface area contributed by atoms with Crippen molar-refractivity contribution in [2.75, 3.05) is 36.4 Å². The van der Waals surface area contributed by atoms with Crippen molar-refractivity contribution in [2.24, 2.45) is 0 Å². The molecular formula is C26H25F2N7O3. The molecule has 0 unspecified atom stereocenters. The molecule has 4 aromatic rings. The van der Waals surface area contributed by atoms with E-state index < -0.39 is 23.8 Å². The summed E-state index contributed by atoms with van der Waals surface area (Å²) in [5.41, 5.74) is 2.56. The minimum atomic E-state index is -0.996. The normalized spacial score (nSPS) is 19.2. The van der Waals surface area contributed by atoms with E-state index >= 15 is 0 Å². The van der Waals surface area contributed by atoms with Crippen molar-refractivity contribution >= 4 is 28.8 Å². The number of rotatable bonds is 5. The molecule has 1 saturated heterocycles. The Morgan fingerprint density at radius 2 is 1.92 bits per heavy atom. The first-order valence-corrected chi connectivity index (χ1v) is 12.4. The fourth-order valence-electron chi connectivity index (χ4n) is 4.65. The topological polar surface area (TPSA) is 109 Å². The van der Waals surface area contributed by atoms with Crippen LogP contribution in [0.5, 0.6) is 0 Å². The van der Waals surface area contributed by atoms with Crippen LogP contribution < -0.4 is 10.2 Å². The van der Waals surface area contributed by atoms with Gasteiger partial charge in [-0.3, -0.25) is 14.0 Å². The zero-order valence-corrected chi connectivity index (χ0v) is 20.8. The van der Waals surface area contributed by atoms with E-state index in [9.17, 15) is 18.4 Å². The molecule has 10 nitrogen and oxygen atoms in total. The van der Waals surface area contributed by atoms with Gasteiger partial charge in [-0.15, -0.1) is 0 Å². The van der Waals surface area contributed by atoms with Gasteiger partial charge in [0.2, 0.25) is 17.6 Å². The van der Waals surface area contributed by atoms with Crippen molar-refractivity contribution in [2.45, 2.75) is 32.4 Å². The number of imidazole rings is 1. The molecule has 0 radical (unpaired) electrons. The van der Waals surface area contributed by atoms with Crippen LogP contribution in [0.2, 0.25) is 0 Å². The maximum absolute atomic E-state index is 14.8. The smallest absolute Gasteiger partial charge is 0.274 e. The number of nitrogens with one attached hydrogen (secondary N) is 1. The molecule has 0 bridgehead atoms. The second-order valence-corrected chi connectivity index (χ2v) is 9.65. The summed E-state index contributed by atoms with van der Waals surface area (Å²) in [4.78, 5) is 37.4. The van der Waals surface area contributed by atoms with Crippen molar-refractivity contribution in [1.82, 2.24) is 24.4 Å². The number of fused-ring (bicyclic) bond motifs is 1. The highest BCUT2D eigenvalue weighted by atomic mass is 19.1. The Labute approximate surface area is 216 Å². The average Bonchev–Trinajstić information content (AvgIpc) is 3.29. The van der Waals surface area contributed by atoms with E-state index in [2.05, 4.69) is 25.3 Å². The van der Waals surface area contributed by atoms with Crippen LogP contribution in [0.15, 0.2) is 41.2 Å². The highest BCUT2D eigenvalue weighted by molar-refractivity contribution is 6.04. The molecule has 4 heterocycles. The molecule has 2 atom stereocenters. The summed E-state index contributed by atoms with van der Waals surface area (Å²) < 4.78 is 35.0. The molecule has 2 aliphatic rings. The maximum atomic E-state index is 14.8. The third-order valence-corrected chi connectivity index (χ3v) is 7.14. The summed E-state index contributed by atoms with van der Waals surface area (Å²) in [5, 5.41) is 6.64. The molecule has 38 heavy (non-hydrogen) atoms. The van der Waals surface area contributed by atoms with Crippen molar-refractivity contribution in [3.05, 3.63) is 59.6 Å². The van der Waals surface area contributed by atoms with Crippen molar-refractivity contribution in [3.8, 4) is 11.4 Å². The lowest BCUT2D eigenvalue weighted by molar-refractivity contribution is -0.129. The minimum Gasteiger partial charge on any atom is -0.367 e. The lowest BCUT2D eigenvalue weighted by Crippen LogP contribution is -2.48. The number of amides is 2. The van der Waals surface area contributed by atoms with Gasteiger partial charge < -0.3 is 19.6 Å². The Balaban J connectivity index is 1.25. The van der Waals surface area contributed by atoms with Crippen molar-refractivity contribution in [3.63, 3.8) is 0 Å². The first-order chi connectivity index (χ1) is 18.3. The van der Waals surface area contributed by atoms with Crippen LogP contribution in [-0.4, -0.2) is 68.6 Å². The Kier molecular flexibility index (Phi) is 5.81. The van der Waals surface area contributed by atoms with Gasteiger partial charge in [0.25, 0.3) is 5.91 Å². The second-order valence-electron chi connectivity index (χ2n) is 9.65. The summed E-state index contributed by atoms with van der Waals surface area (Å²) in [5.74, 6) is -1.07. The van der Waals surface area contributed by atoms with Gasteiger partial charge in [-0.05, 0) is 37.6 Å². The monoisotopic (exact) mass is 521 g/mol. The molecule has 2 fully saturated rings. The number of nitrogens with zero attached hydrogens (tertiary/aromatic N) is 6. The lowest BCUT2D eigenvalue weighted by Gasteiger charge is -2.35. The number of alkyl halides is 1. The molecule has 1 saturated carbocycles. The number of carbonyl (C=O) groups excluding carboxylic acids is 2. The summed E-state index contributed by atoms with van der Waals surface area (Å²) >= 11 is 0. The van der Waals surface area contributed by atoms with Crippen LogP contribution >= 0.6 is 0 Å². The third kappa shape index (κ3) is 4.35. The van der Waals surface area contributed by atoms with Crippen LogP contribution in [0.25, 0.3) is 17.0 Å². The molecule has 0 spiro atoms. The van der Waals surface area contributed by atoms with E-state index in [1.165, 1.54) is 12.3 Å². The number of pyridine rings is 1. The van der Waals surface area contributed by atoms with Crippen LogP contribution in [-0.2, 0) is 4.79 Å². The molecule has 1 N–H and O–H groups in total. The average molecular weight is 522 g/mol. The van der Waals surface area contributed by atoms with Gasteiger partial charge in [0.05, 0.1) is 17.8 Å².